The maximum absolute atomic E-state index is 6.29. The minimum absolute atomic E-state index is 0. The predicted molar refractivity (Wildman–Crippen MR) is 76.8 cm³/mol. The quantitative estimate of drug-likeness (QED) is 0.765. The Balaban J connectivity index is 0.00000147. The van der Waals surface area contributed by atoms with Crippen molar-refractivity contribution >= 4 is 3.27 Å². The van der Waals surface area contributed by atoms with Gasteiger partial charge in [-0.15, -0.1) is 0 Å². The fraction of sp³-hybridized carbons (Fsp3) is 0.176. The van der Waals surface area contributed by atoms with Crippen molar-refractivity contribution in [3.63, 3.8) is 0 Å². The van der Waals surface area contributed by atoms with Gasteiger partial charge in [-0.2, -0.15) is 0 Å². The molecule has 0 heterocycles. The zero-order valence-corrected chi connectivity index (χ0v) is 14.8. The summed E-state index contributed by atoms with van der Waals surface area (Å²) in [5, 5.41) is 0. The fourth-order valence-corrected chi connectivity index (χ4v) is 13.0. The summed E-state index contributed by atoms with van der Waals surface area (Å²) in [5.74, 6) is 0. The van der Waals surface area contributed by atoms with Gasteiger partial charge in [0.2, 0.25) is 0 Å². The first-order valence-corrected chi connectivity index (χ1v) is 11.4. The Hall–Kier alpha value is -0.687. The molecule has 1 aromatic carbocycles. The maximum Gasteiger partial charge on any atom is -1.00 e. The molecule has 3 heteroatoms. The molecule has 103 valence electrons. The summed E-state index contributed by atoms with van der Waals surface area (Å²) in [6, 6.07) is 10.8. The van der Waals surface area contributed by atoms with E-state index >= 15 is 0 Å². The van der Waals surface area contributed by atoms with Crippen molar-refractivity contribution in [2.45, 2.75) is 12.8 Å². The second-order valence-electron chi connectivity index (χ2n) is 4.90. The summed E-state index contributed by atoms with van der Waals surface area (Å²) in [6.07, 6.45) is 15.5. The minimum atomic E-state index is -3.09. The van der Waals surface area contributed by atoms with E-state index < -0.39 is 20.7 Å². The van der Waals surface area contributed by atoms with Crippen LogP contribution in [-0.2, 0) is 23.5 Å². The molecule has 0 aliphatic heterocycles. The number of halogens is 1. The molecule has 0 aromatic heterocycles. The Morgan fingerprint density at radius 2 is 1.45 bits per heavy atom. The molecule has 3 rings (SSSR count). The van der Waals surface area contributed by atoms with E-state index in [1.54, 1.807) is 0 Å². The van der Waals surface area contributed by atoms with Crippen LogP contribution in [0.2, 0.25) is 0 Å². The van der Waals surface area contributed by atoms with Gasteiger partial charge in [-0.1, -0.05) is 0 Å². The average Bonchev–Trinajstić information content (AvgIpc) is 3.15. The Kier molecular flexibility index (Phi) is 5.37. The van der Waals surface area contributed by atoms with Crippen LogP contribution in [0.4, 0.5) is 0 Å². The van der Waals surface area contributed by atoms with Gasteiger partial charge in [0.05, 0.1) is 0 Å². The smallest absolute Gasteiger partial charge is 1.00 e. The normalized spacial score (nSPS) is 16.9. The summed E-state index contributed by atoms with van der Waals surface area (Å²) in [5.41, 5.74) is 0. The van der Waals surface area contributed by atoms with Crippen molar-refractivity contribution in [1.82, 2.24) is 0 Å². The second-order valence-corrected chi connectivity index (χ2v) is 13.8. The minimum Gasteiger partial charge on any atom is -1.00 e. The van der Waals surface area contributed by atoms with Gasteiger partial charge < -0.3 is 12.4 Å². The van der Waals surface area contributed by atoms with E-state index in [2.05, 4.69) is 66.8 Å². The molecule has 0 unspecified atom stereocenters. The van der Waals surface area contributed by atoms with E-state index in [0.29, 0.717) is 0 Å². The van der Waals surface area contributed by atoms with Gasteiger partial charge in [-0.05, 0) is 0 Å². The molecule has 0 N–H and O–H groups in total. The van der Waals surface area contributed by atoms with E-state index in [-0.39, 0.29) is 12.4 Å². The average molecular weight is 365 g/mol. The van der Waals surface area contributed by atoms with Crippen LogP contribution in [0.15, 0.2) is 73.3 Å². The van der Waals surface area contributed by atoms with Gasteiger partial charge in [0, 0.05) is 0 Å². The fourth-order valence-electron chi connectivity index (χ4n) is 3.05. The van der Waals surface area contributed by atoms with E-state index in [0.717, 1.165) is 12.8 Å². The van der Waals surface area contributed by atoms with E-state index in [4.69, 9.17) is 2.81 Å². The first-order chi connectivity index (χ1) is 9.38. The first-order valence-electron chi connectivity index (χ1n) is 6.71. The predicted octanol–water partition coefficient (Wildman–Crippen LogP) is 0.719. The molecular formula is C17H18ClOZr. The molecule has 2 aliphatic carbocycles. The van der Waals surface area contributed by atoms with Crippen LogP contribution < -0.4 is 15.7 Å². The Morgan fingerprint density at radius 3 is 1.85 bits per heavy atom. The molecule has 0 bridgehead atoms. The summed E-state index contributed by atoms with van der Waals surface area (Å²) in [7, 11) is 1.90. The molecule has 1 nitrogen and oxygen atoms in total. The van der Waals surface area contributed by atoms with Crippen LogP contribution in [-0.4, -0.2) is 7.11 Å². The number of hydrogen-bond donors (Lipinski definition) is 0. The van der Waals surface area contributed by atoms with Crippen LogP contribution in [0.25, 0.3) is 0 Å². The third-order valence-electron chi connectivity index (χ3n) is 3.93. The largest absolute Gasteiger partial charge is 1.00 e. The molecule has 0 atom stereocenters. The third-order valence-corrected chi connectivity index (χ3v) is 14.5. The van der Waals surface area contributed by atoms with Gasteiger partial charge in [0.1, 0.15) is 0 Å². The molecule has 0 fully saturated rings. The molecular weight excluding hydrogens is 347 g/mol. The number of hydrogen-bond acceptors (Lipinski definition) is 1. The van der Waals surface area contributed by atoms with Crippen LogP contribution in [0.1, 0.15) is 12.8 Å². The number of allylic oxidation sites excluding steroid dienone is 8. The van der Waals surface area contributed by atoms with Crippen molar-refractivity contribution in [2.75, 3.05) is 7.11 Å². The van der Waals surface area contributed by atoms with E-state index in [1.165, 1.54) is 9.83 Å². The standard InChI is InChI=1S/C6H5.2C5H5.CH3O.ClH.Zr/c1-2-4-6-5-3-1;2*1-2-4-5-3-1;1-2;;/h1-5H;2*1-3H,4H2;1H3;1H;/q;;;-1;;+2/p-1. The zero-order valence-electron chi connectivity index (χ0n) is 11.6. The maximum atomic E-state index is 6.29. The Labute approximate surface area is 132 Å². The molecule has 0 radical (unpaired) electrons. The molecule has 0 saturated carbocycles. The van der Waals surface area contributed by atoms with Crippen LogP contribution >= 0.6 is 0 Å². The second kappa shape index (κ2) is 6.85. The third kappa shape index (κ3) is 2.57. The summed E-state index contributed by atoms with van der Waals surface area (Å²) in [4.78, 5) is 0. The summed E-state index contributed by atoms with van der Waals surface area (Å²) < 4.78 is 10.8. The molecule has 0 amide bonds. The van der Waals surface area contributed by atoms with Gasteiger partial charge in [0.25, 0.3) is 0 Å². The molecule has 0 saturated heterocycles. The molecule has 0 spiro atoms. The van der Waals surface area contributed by atoms with Crippen LogP contribution in [0, 0.1) is 0 Å². The zero-order chi connectivity index (χ0) is 13.1. The summed E-state index contributed by atoms with van der Waals surface area (Å²) in [6.45, 7) is 0. The number of benzene rings is 1. The first kappa shape index (κ1) is 15.7. The SMILES string of the molecule is C[O][Zr+]([C]1=CC=CC1)([C]1=CC=CC1)[c]1ccccc1.[Cl-]. The molecule has 20 heavy (non-hydrogen) atoms. The van der Waals surface area contributed by atoms with Crippen LogP contribution in [0.5, 0.6) is 0 Å². The Bertz CT molecular complexity index is 554. The topological polar surface area (TPSA) is 9.23 Å². The summed E-state index contributed by atoms with van der Waals surface area (Å²) >= 11 is -3.09. The number of rotatable bonds is 4. The van der Waals surface area contributed by atoms with Gasteiger partial charge in [-0.25, -0.2) is 0 Å². The van der Waals surface area contributed by atoms with Crippen molar-refractivity contribution in [2.24, 2.45) is 0 Å². The molecule has 2 aliphatic rings. The van der Waals surface area contributed by atoms with Crippen molar-refractivity contribution in [1.29, 1.82) is 0 Å². The van der Waals surface area contributed by atoms with E-state index in [1.807, 2.05) is 7.11 Å². The molecule has 1 aromatic rings. The van der Waals surface area contributed by atoms with Crippen molar-refractivity contribution in [3.8, 4) is 0 Å². The monoisotopic (exact) mass is 363 g/mol. The van der Waals surface area contributed by atoms with Crippen molar-refractivity contribution < 1.29 is 35.9 Å². The van der Waals surface area contributed by atoms with Crippen molar-refractivity contribution in [3.05, 3.63) is 73.3 Å². The van der Waals surface area contributed by atoms with Gasteiger partial charge in [0.15, 0.2) is 0 Å². The Morgan fingerprint density at radius 1 is 0.900 bits per heavy atom. The van der Waals surface area contributed by atoms with Crippen LogP contribution in [0.3, 0.4) is 0 Å². The van der Waals surface area contributed by atoms with E-state index in [9.17, 15) is 0 Å². The van der Waals surface area contributed by atoms with Gasteiger partial charge in [-0.3, -0.25) is 0 Å². The van der Waals surface area contributed by atoms with Gasteiger partial charge >= 0.3 is 120 Å².